The lowest BCUT2D eigenvalue weighted by atomic mass is 10.2. The second kappa shape index (κ2) is 6.70. The fourth-order valence-electron chi connectivity index (χ4n) is 1.88. The van der Waals surface area contributed by atoms with Crippen molar-refractivity contribution in [3.8, 4) is 11.4 Å². The first-order valence-corrected chi connectivity index (χ1v) is 8.06. The van der Waals surface area contributed by atoms with E-state index in [0.29, 0.717) is 5.56 Å². The highest BCUT2D eigenvalue weighted by Gasteiger charge is 2.18. The van der Waals surface area contributed by atoms with Crippen LogP contribution in [0.3, 0.4) is 0 Å². The molecule has 0 radical (unpaired) electrons. The van der Waals surface area contributed by atoms with Crippen molar-refractivity contribution in [3.05, 3.63) is 63.9 Å². The standard InChI is InChI=1S/C15H7BrF3N3OS/c16-8-5-10(12(19)11(18)6-8)14(23)21-15-20-13(22-24-15)7-1-3-9(17)4-2-7/h1-6H,(H,20,21,22,23). The molecule has 1 aromatic heterocycles. The van der Waals surface area contributed by atoms with E-state index in [9.17, 15) is 18.0 Å². The molecule has 3 aromatic rings. The van der Waals surface area contributed by atoms with Crippen molar-refractivity contribution < 1.29 is 18.0 Å². The highest BCUT2D eigenvalue weighted by Crippen LogP contribution is 2.23. The zero-order chi connectivity index (χ0) is 17.3. The molecule has 1 heterocycles. The largest absolute Gasteiger partial charge is 0.296 e. The van der Waals surface area contributed by atoms with Gasteiger partial charge < -0.3 is 0 Å². The van der Waals surface area contributed by atoms with Crippen LogP contribution in [0.4, 0.5) is 18.3 Å². The fraction of sp³-hybridized carbons (Fsp3) is 0. The molecular weight excluding hydrogens is 407 g/mol. The molecule has 4 nitrogen and oxygen atoms in total. The Hall–Kier alpha value is -2.26. The molecule has 0 aliphatic carbocycles. The Kier molecular flexibility index (Phi) is 4.63. The summed E-state index contributed by atoms with van der Waals surface area (Å²) in [7, 11) is 0. The number of anilines is 1. The normalized spacial score (nSPS) is 10.7. The Morgan fingerprint density at radius 3 is 2.54 bits per heavy atom. The number of benzene rings is 2. The molecule has 0 fully saturated rings. The van der Waals surface area contributed by atoms with Crippen LogP contribution in [-0.2, 0) is 0 Å². The molecule has 0 saturated heterocycles. The van der Waals surface area contributed by atoms with Crippen LogP contribution in [0.25, 0.3) is 11.4 Å². The molecule has 2 aromatic carbocycles. The van der Waals surface area contributed by atoms with Gasteiger partial charge in [-0.2, -0.15) is 9.36 Å². The fourth-order valence-corrected chi connectivity index (χ4v) is 2.89. The van der Waals surface area contributed by atoms with E-state index in [4.69, 9.17) is 0 Å². The number of amides is 1. The highest BCUT2D eigenvalue weighted by atomic mass is 79.9. The molecule has 9 heteroatoms. The second-order valence-corrected chi connectivity index (χ2v) is 6.30. The average Bonchev–Trinajstić information content (AvgIpc) is 3.00. The third-order valence-corrected chi connectivity index (χ3v) is 4.07. The van der Waals surface area contributed by atoms with Gasteiger partial charge in [0.2, 0.25) is 5.13 Å². The van der Waals surface area contributed by atoms with Crippen molar-refractivity contribution in [1.82, 2.24) is 9.36 Å². The molecule has 1 amide bonds. The number of carbonyl (C=O) groups is 1. The summed E-state index contributed by atoms with van der Waals surface area (Å²) in [5.41, 5.74) is 0.105. The molecule has 0 aliphatic heterocycles. The van der Waals surface area contributed by atoms with Gasteiger partial charge in [0.15, 0.2) is 17.5 Å². The number of aromatic nitrogens is 2. The third kappa shape index (κ3) is 3.46. The van der Waals surface area contributed by atoms with Crippen molar-refractivity contribution in [1.29, 1.82) is 0 Å². The molecule has 122 valence electrons. The van der Waals surface area contributed by atoms with Crippen molar-refractivity contribution in [3.63, 3.8) is 0 Å². The predicted octanol–water partition coefficient (Wildman–Crippen LogP) is 4.64. The average molecular weight is 414 g/mol. The van der Waals surface area contributed by atoms with Crippen molar-refractivity contribution in [2.24, 2.45) is 0 Å². The van der Waals surface area contributed by atoms with Gasteiger partial charge in [-0.3, -0.25) is 10.1 Å². The molecule has 1 N–H and O–H groups in total. The van der Waals surface area contributed by atoms with E-state index in [2.05, 4.69) is 30.6 Å². The van der Waals surface area contributed by atoms with Gasteiger partial charge in [0, 0.05) is 21.6 Å². The van der Waals surface area contributed by atoms with Crippen LogP contribution in [0.2, 0.25) is 0 Å². The van der Waals surface area contributed by atoms with Gasteiger partial charge in [-0.25, -0.2) is 13.2 Å². The zero-order valence-electron chi connectivity index (χ0n) is 11.7. The molecule has 0 aliphatic rings. The summed E-state index contributed by atoms with van der Waals surface area (Å²) in [6.45, 7) is 0. The van der Waals surface area contributed by atoms with Gasteiger partial charge in [-0.1, -0.05) is 15.9 Å². The summed E-state index contributed by atoms with van der Waals surface area (Å²) in [6, 6.07) is 7.58. The number of carbonyl (C=O) groups excluding carboxylic acids is 1. The van der Waals surface area contributed by atoms with Gasteiger partial charge in [0.05, 0.1) is 5.56 Å². The summed E-state index contributed by atoms with van der Waals surface area (Å²) < 4.78 is 44.2. The highest BCUT2D eigenvalue weighted by molar-refractivity contribution is 9.10. The summed E-state index contributed by atoms with van der Waals surface area (Å²) in [5.74, 6) is -3.35. The summed E-state index contributed by atoms with van der Waals surface area (Å²) in [4.78, 5) is 16.2. The van der Waals surface area contributed by atoms with Crippen molar-refractivity contribution >= 4 is 38.5 Å². The van der Waals surface area contributed by atoms with E-state index in [-0.39, 0.29) is 15.4 Å². The second-order valence-electron chi connectivity index (χ2n) is 4.63. The van der Waals surface area contributed by atoms with Gasteiger partial charge >= 0.3 is 0 Å². The van der Waals surface area contributed by atoms with Crippen LogP contribution in [-0.4, -0.2) is 15.3 Å². The first kappa shape index (κ1) is 16.6. The minimum Gasteiger partial charge on any atom is -0.296 e. The first-order chi connectivity index (χ1) is 11.4. The van der Waals surface area contributed by atoms with Crippen LogP contribution in [0.15, 0.2) is 40.9 Å². The summed E-state index contributed by atoms with van der Waals surface area (Å²) >= 11 is 3.87. The van der Waals surface area contributed by atoms with Crippen LogP contribution >= 0.6 is 27.5 Å². The molecule has 0 atom stereocenters. The summed E-state index contributed by atoms with van der Waals surface area (Å²) in [6.07, 6.45) is 0. The minimum absolute atomic E-state index is 0.110. The van der Waals surface area contributed by atoms with E-state index in [1.807, 2.05) is 0 Å². The summed E-state index contributed by atoms with van der Waals surface area (Å²) in [5, 5.41) is 2.47. The lowest BCUT2D eigenvalue weighted by molar-refractivity contribution is 0.102. The number of nitrogens with zero attached hydrogens (tertiary/aromatic N) is 2. The topological polar surface area (TPSA) is 54.9 Å². The smallest absolute Gasteiger partial charge is 0.260 e. The maximum Gasteiger partial charge on any atom is 0.260 e. The Morgan fingerprint density at radius 1 is 1.12 bits per heavy atom. The van der Waals surface area contributed by atoms with Gasteiger partial charge in [-0.05, 0) is 36.4 Å². The predicted molar refractivity (Wildman–Crippen MR) is 87.3 cm³/mol. The molecular formula is C15H7BrF3N3OS. The molecule has 24 heavy (non-hydrogen) atoms. The van der Waals surface area contributed by atoms with E-state index in [0.717, 1.165) is 23.7 Å². The van der Waals surface area contributed by atoms with Gasteiger partial charge in [0.25, 0.3) is 5.91 Å². The number of rotatable bonds is 3. The van der Waals surface area contributed by atoms with E-state index >= 15 is 0 Å². The third-order valence-electron chi connectivity index (χ3n) is 2.99. The molecule has 3 rings (SSSR count). The molecule has 0 unspecified atom stereocenters. The van der Waals surface area contributed by atoms with Crippen LogP contribution < -0.4 is 5.32 Å². The van der Waals surface area contributed by atoms with E-state index < -0.39 is 28.9 Å². The number of hydrogen-bond acceptors (Lipinski definition) is 4. The van der Waals surface area contributed by atoms with Crippen molar-refractivity contribution in [2.75, 3.05) is 5.32 Å². The van der Waals surface area contributed by atoms with Gasteiger partial charge in [-0.15, -0.1) is 0 Å². The zero-order valence-corrected chi connectivity index (χ0v) is 14.1. The quantitative estimate of drug-likeness (QED) is 0.636. The van der Waals surface area contributed by atoms with Crippen molar-refractivity contribution in [2.45, 2.75) is 0 Å². The Bertz CT molecular complexity index is 915. The van der Waals surface area contributed by atoms with E-state index in [1.165, 1.54) is 24.3 Å². The molecule has 0 saturated carbocycles. The number of halogens is 4. The molecule has 0 bridgehead atoms. The van der Waals surface area contributed by atoms with Crippen LogP contribution in [0.5, 0.6) is 0 Å². The maximum absolute atomic E-state index is 13.7. The number of hydrogen-bond donors (Lipinski definition) is 1. The molecule has 0 spiro atoms. The van der Waals surface area contributed by atoms with E-state index in [1.54, 1.807) is 0 Å². The lowest BCUT2D eigenvalue weighted by Crippen LogP contribution is -2.14. The van der Waals surface area contributed by atoms with Crippen LogP contribution in [0.1, 0.15) is 10.4 Å². The Morgan fingerprint density at radius 2 is 1.83 bits per heavy atom. The Labute approximate surface area is 146 Å². The SMILES string of the molecule is O=C(Nc1nc(-c2ccc(F)cc2)ns1)c1cc(Br)cc(F)c1F. The minimum atomic E-state index is -1.25. The number of nitrogens with one attached hydrogen (secondary N) is 1. The monoisotopic (exact) mass is 413 g/mol. The first-order valence-electron chi connectivity index (χ1n) is 6.49. The van der Waals surface area contributed by atoms with Gasteiger partial charge in [0.1, 0.15) is 5.82 Å². The lowest BCUT2D eigenvalue weighted by Gasteiger charge is -2.04. The Balaban J connectivity index is 1.82. The maximum atomic E-state index is 13.7. The van der Waals surface area contributed by atoms with Crippen LogP contribution in [0, 0.1) is 17.5 Å².